The fraction of sp³-hybridized carbons (Fsp3) is 0.462. The summed E-state index contributed by atoms with van der Waals surface area (Å²) < 4.78 is 71.4. The van der Waals surface area contributed by atoms with Gasteiger partial charge in [0.2, 0.25) is 21.8 Å². The molecule has 3 rings (SSSR count). The molecule has 1 fully saturated rings. The molecule has 0 saturated heterocycles. The van der Waals surface area contributed by atoms with Gasteiger partial charge in [0.1, 0.15) is 18.3 Å². The van der Waals surface area contributed by atoms with Crippen LogP contribution in [0.2, 0.25) is 5.02 Å². The van der Waals surface area contributed by atoms with Gasteiger partial charge >= 0.3 is 6.18 Å². The third kappa shape index (κ3) is 8.01. The SMILES string of the molecule is COc1ccc(CN(C(=O)CN(c2ccc(Cl)c(C(F)(F)F)c2)S(C)(=O)=O)[C@H](C)C(=O)NC2CCCC2)cc1. The number of halogens is 4. The zero-order valence-electron chi connectivity index (χ0n) is 21.8. The Labute approximate surface area is 231 Å². The first-order valence-electron chi connectivity index (χ1n) is 12.3. The Morgan fingerprint density at radius 2 is 1.74 bits per heavy atom. The highest BCUT2D eigenvalue weighted by Crippen LogP contribution is 2.37. The number of benzene rings is 2. The Kier molecular flexibility index (Phi) is 9.76. The lowest BCUT2D eigenvalue weighted by molar-refractivity contribution is -0.139. The molecule has 0 spiro atoms. The smallest absolute Gasteiger partial charge is 0.417 e. The number of carbonyl (C=O) groups excluding carboxylic acids is 2. The summed E-state index contributed by atoms with van der Waals surface area (Å²) in [5, 5.41) is 2.33. The highest BCUT2D eigenvalue weighted by atomic mass is 35.5. The van der Waals surface area contributed by atoms with Crippen molar-refractivity contribution in [2.45, 2.75) is 57.4 Å². The van der Waals surface area contributed by atoms with E-state index >= 15 is 0 Å². The number of sulfonamides is 1. The molecule has 1 atom stereocenters. The number of nitrogens with zero attached hydrogens (tertiary/aromatic N) is 2. The molecule has 214 valence electrons. The quantitative estimate of drug-likeness (QED) is 0.437. The fourth-order valence-electron chi connectivity index (χ4n) is 4.40. The molecular formula is C26H31ClF3N3O5S. The van der Waals surface area contributed by atoms with Crippen LogP contribution in [0.4, 0.5) is 18.9 Å². The van der Waals surface area contributed by atoms with Crippen LogP contribution in [-0.2, 0) is 32.3 Å². The average molecular weight is 590 g/mol. The van der Waals surface area contributed by atoms with E-state index in [9.17, 15) is 31.2 Å². The summed E-state index contributed by atoms with van der Waals surface area (Å²) in [5.74, 6) is -0.593. The molecule has 39 heavy (non-hydrogen) atoms. The summed E-state index contributed by atoms with van der Waals surface area (Å²) >= 11 is 5.70. The molecule has 0 bridgehead atoms. The molecule has 8 nitrogen and oxygen atoms in total. The predicted molar refractivity (Wildman–Crippen MR) is 142 cm³/mol. The third-order valence-corrected chi connectivity index (χ3v) is 8.07. The van der Waals surface area contributed by atoms with E-state index < -0.39 is 51.2 Å². The van der Waals surface area contributed by atoms with Crippen LogP contribution in [0.5, 0.6) is 5.75 Å². The second kappa shape index (κ2) is 12.5. The second-order valence-electron chi connectivity index (χ2n) is 9.47. The van der Waals surface area contributed by atoms with Gasteiger partial charge in [0.25, 0.3) is 0 Å². The number of rotatable bonds is 10. The van der Waals surface area contributed by atoms with Gasteiger partial charge < -0.3 is 15.0 Å². The number of hydrogen-bond donors (Lipinski definition) is 1. The molecule has 13 heteroatoms. The molecule has 1 N–H and O–H groups in total. The van der Waals surface area contributed by atoms with Gasteiger partial charge in [-0.1, -0.05) is 36.6 Å². The maximum absolute atomic E-state index is 13.6. The minimum absolute atomic E-state index is 0.0136. The van der Waals surface area contributed by atoms with Gasteiger partial charge in [0.05, 0.1) is 29.6 Å². The van der Waals surface area contributed by atoms with E-state index in [0.29, 0.717) is 21.7 Å². The molecule has 0 aromatic heterocycles. The van der Waals surface area contributed by atoms with Gasteiger partial charge in [0, 0.05) is 12.6 Å². The normalized spacial score (nSPS) is 15.1. The monoisotopic (exact) mass is 589 g/mol. The average Bonchev–Trinajstić information content (AvgIpc) is 3.37. The number of nitrogens with one attached hydrogen (secondary N) is 1. The molecule has 0 heterocycles. The van der Waals surface area contributed by atoms with E-state index in [0.717, 1.165) is 44.1 Å². The Hall–Kier alpha value is -2.99. The van der Waals surface area contributed by atoms with Crippen molar-refractivity contribution in [3.05, 3.63) is 58.6 Å². The van der Waals surface area contributed by atoms with E-state index in [-0.39, 0.29) is 18.3 Å². The second-order valence-corrected chi connectivity index (χ2v) is 11.8. The molecule has 0 radical (unpaired) electrons. The Balaban J connectivity index is 1.93. The number of anilines is 1. The molecule has 2 aromatic carbocycles. The van der Waals surface area contributed by atoms with E-state index in [1.54, 1.807) is 24.3 Å². The third-order valence-electron chi connectivity index (χ3n) is 6.60. The molecule has 2 aromatic rings. The molecule has 1 aliphatic carbocycles. The highest BCUT2D eigenvalue weighted by molar-refractivity contribution is 7.92. The molecular weight excluding hydrogens is 559 g/mol. The molecule has 1 saturated carbocycles. The van der Waals surface area contributed by atoms with Gasteiger partial charge in [0.15, 0.2) is 0 Å². The maximum Gasteiger partial charge on any atom is 0.417 e. The predicted octanol–water partition coefficient (Wildman–Crippen LogP) is 4.61. The van der Waals surface area contributed by atoms with Gasteiger partial charge in [-0.15, -0.1) is 0 Å². The Bertz CT molecular complexity index is 1280. The summed E-state index contributed by atoms with van der Waals surface area (Å²) in [5.41, 5.74) is -0.974. The first-order chi connectivity index (χ1) is 18.2. The van der Waals surface area contributed by atoms with Crippen LogP contribution in [-0.4, -0.2) is 57.1 Å². The molecule has 0 aliphatic heterocycles. The van der Waals surface area contributed by atoms with Crippen molar-refractivity contribution in [1.82, 2.24) is 10.2 Å². The van der Waals surface area contributed by atoms with Crippen molar-refractivity contribution in [3.8, 4) is 5.75 Å². The van der Waals surface area contributed by atoms with E-state index in [2.05, 4.69) is 5.32 Å². The number of methoxy groups -OCH3 is 1. The van der Waals surface area contributed by atoms with E-state index in [1.165, 1.54) is 18.9 Å². The fourth-order valence-corrected chi connectivity index (χ4v) is 5.47. The lowest BCUT2D eigenvalue weighted by Gasteiger charge is -2.32. The lowest BCUT2D eigenvalue weighted by atomic mass is 10.1. The largest absolute Gasteiger partial charge is 0.497 e. The Morgan fingerprint density at radius 1 is 1.13 bits per heavy atom. The minimum atomic E-state index is -4.84. The van der Waals surface area contributed by atoms with Crippen molar-refractivity contribution < 1.29 is 35.9 Å². The van der Waals surface area contributed by atoms with Gasteiger partial charge in [-0.25, -0.2) is 8.42 Å². The van der Waals surface area contributed by atoms with Crippen LogP contribution in [0.1, 0.15) is 43.7 Å². The van der Waals surface area contributed by atoms with Crippen LogP contribution < -0.4 is 14.4 Å². The van der Waals surface area contributed by atoms with Crippen molar-refractivity contribution in [3.63, 3.8) is 0 Å². The standard InChI is InChI=1S/C26H31ClF3N3O5S/c1-17(25(35)31-19-6-4-5-7-19)32(15-18-8-11-21(38-2)12-9-18)24(34)16-33(39(3,36)37)20-10-13-23(27)22(14-20)26(28,29)30/h8-14,17,19H,4-7,15-16H2,1-3H3,(H,31,35)/t17-/m1/s1. The van der Waals surface area contributed by atoms with Crippen LogP contribution in [0.25, 0.3) is 0 Å². The van der Waals surface area contributed by atoms with Gasteiger partial charge in [-0.2, -0.15) is 13.2 Å². The lowest BCUT2D eigenvalue weighted by Crippen LogP contribution is -2.52. The van der Waals surface area contributed by atoms with E-state index in [1.807, 2.05) is 0 Å². The van der Waals surface area contributed by atoms with Gasteiger partial charge in [-0.3, -0.25) is 13.9 Å². The van der Waals surface area contributed by atoms with Crippen LogP contribution >= 0.6 is 11.6 Å². The zero-order chi connectivity index (χ0) is 29.0. The van der Waals surface area contributed by atoms with Crippen LogP contribution in [0, 0.1) is 0 Å². The molecule has 0 unspecified atom stereocenters. The number of carbonyl (C=O) groups is 2. The zero-order valence-corrected chi connectivity index (χ0v) is 23.4. The first-order valence-corrected chi connectivity index (χ1v) is 14.5. The molecule has 1 aliphatic rings. The number of amides is 2. The number of alkyl halides is 3. The van der Waals surface area contributed by atoms with Crippen molar-refractivity contribution >= 4 is 39.1 Å². The first kappa shape index (κ1) is 30.6. The Morgan fingerprint density at radius 3 is 2.28 bits per heavy atom. The highest BCUT2D eigenvalue weighted by Gasteiger charge is 2.36. The van der Waals surface area contributed by atoms with Crippen molar-refractivity contribution in [2.75, 3.05) is 24.2 Å². The number of hydrogen-bond acceptors (Lipinski definition) is 5. The van der Waals surface area contributed by atoms with Crippen LogP contribution in [0.3, 0.4) is 0 Å². The minimum Gasteiger partial charge on any atom is -0.497 e. The molecule has 2 amide bonds. The number of ether oxygens (including phenoxy) is 1. The topological polar surface area (TPSA) is 96.0 Å². The van der Waals surface area contributed by atoms with Gasteiger partial charge in [-0.05, 0) is 55.7 Å². The summed E-state index contributed by atoms with van der Waals surface area (Å²) in [4.78, 5) is 27.9. The summed E-state index contributed by atoms with van der Waals surface area (Å²) in [6.45, 7) is 0.656. The van der Waals surface area contributed by atoms with Crippen LogP contribution in [0.15, 0.2) is 42.5 Å². The summed E-state index contributed by atoms with van der Waals surface area (Å²) in [6, 6.07) is 8.35. The van der Waals surface area contributed by atoms with E-state index in [4.69, 9.17) is 16.3 Å². The van der Waals surface area contributed by atoms with Crippen molar-refractivity contribution in [2.24, 2.45) is 0 Å². The summed E-state index contributed by atoms with van der Waals surface area (Å²) in [6.07, 6.45) is -0.439. The maximum atomic E-state index is 13.6. The summed E-state index contributed by atoms with van der Waals surface area (Å²) in [7, 11) is -2.71. The van der Waals surface area contributed by atoms with Crippen molar-refractivity contribution in [1.29, 1.82) is 0 Å².